The zero-order chi connectivity index (χ0) is 14.8. The fourth-order valence-electron chi connectivity index (χ4n) is 5.94. The van der Waals surface area contributed by atoms with Gasteiger partial charge < -0.3 is 4.90 Å². The highest BCUT2D eigenvalue weighted by atomic mass is 16.2. The standard InChI is InChI=1S/C17H26N2O2/c1-11(2)18-4-3-15(20)19(16(18)21)17-8-12-5-13(9-17)7-14(6-12)10-17/h11-14H,3-10H2,1-2H3. The Bertz CT molecular complexity index is 450. The van der Waals surface area contributed by atoms with E-state index < -0.39 is 0 Å². The minimum Gasteiger partial charge on any atom is -0.321 e. The summed E-state index contributed by atoms with van der Waals surface area (Å²) in [5.41, 5.74) is -0.128. The fourth-order valence-corrected chi connectivity index (χ4v) is 5.94. The van der Waals surface area contributed by atoms with E-state index in [1.165, 1.54) is 19.3 Å². The van der Waals surface area contributed by atoms with Crippen LogP contribution >= 0.6 is 0 Å². The van der Waals surface area contributed by atoms with Gasteiger partial charge in [-0.3, -0.25) is 9.69 Å². The zero-order valence-corrected chi connectivity index (χ0v) is 13.2. The molecule has 5 rings (SSSR count). The Balaban J connectivity index is 1.67. The van der Waals surface area contributed by atoms with Crippen LogP contribution in [0.15, 0.2) is 0 Å². The summed E-state index contributed by atoms with van der Waals surface area (Å²) >= 11 is 0. The maximum absolute atomic E-state index is 12.9. The smallest absolute Gasteiger partial charge is 0.321 e. The second kappa shape index (κ2) is 4.47. The van der Waals surface area contributed by atoms with Gasteiger partial charge in [0.2, 0.25) is 5.91 Å². The van der Waals surface area contributed by atoms with Gasteiger partial charge in [0.15, 0.2) is 0 Å². The lowest BCUT2D eigenvalue weighted by Crippen LogP contribution is -2.67. The van der Waals surface area contributed by atoms with Crippen LogP contribution in [0.5, 0.6) is 0 Å². The average Bonchev–Trinajstić information content (AvgIpc) is 2.35. The minimum absolute atomic E-state index is 0.0109. The number of hydrogen-bond acceptors (Lipinski definition) is 2. The molecule has 0 aromatic rings. The fraction of sp³-hybridized carbons (Fsp3) is 0.882. The summed E-state index contributed by atoms with van der Waals surface area (Å²) in [6.07, 6.45) is 7.73. The van der Waals surface area contributed by atoms with Gasteiger partial charge >= 0.3 is 6.03 Å². The summed E-state index contributed by atoms with van der Waals surface area (Å²) in [5, 5.41) is 0. The van der Waals surface area contributed by atoms with E-state index in [9.17, 15) is 9.59 Å². The molecule has 0 spiro atoms. The third-order valence-corrected chi connectivity index (χ3v) is 6.36. The van der Waals surface area contributed by atoms with Gasteiger partial charge in [0.25, 0.3) is 0 Å². The van der Waals surface area contributed by atoms with Gasteiger partial charge in [0, 0.05) is 19.0 Å². The molecule has 0 atom stereocenters. The van der Waals surface area contributed by atoms with Crippen molar-refractivity contribution in [1.82, 2.24) is 9.80 Å². The first-order chi connectivity index (χ1) is 9.98. The van der Waals surface area contributed by atoms with Crippen molar-refractivity contribution in [3.63, 3.8) is 0 Å². The van der Waals surface area contributed by atoms with Gasteiger partial charge in [-0.2, -0.15) is 0 Å². The molecule has 4 saturated carbocycles. The van der Waals surface area contributed by atoms with E-state index in [0.29, 0.717) is 13.0 Å². The van der Waals surface area contributed by atoms with Crippen LogP contribution in [0.3, 0.4) is 0 Å². The Morgan fingerprint density at radius 2 is 1.52 bits per heavy atom. The summed E-state index contributed by atoms with van der Waals surface area (Å²) in [6.45, 7) is 4.69. The highest BCUT2D eigenvalue weighted by Gasteiger charge is 2.57. The topological polar surface area (TPSA) is 40.6 Å². The van der Waals surface area contributed by atoms with Gasteiger partial charge in [-0.15, -0.1) is 0 Å². The number of carbonyl (C=O) groups is 2. The van der Waals surface area contributed by atoms with Gasteiger partial charge in [-0.1, -0.05) is 0 Å². The third-order valence-electron chi connectivity index (χ3n) is 6.36. The van der Waals surface area contributed by atoms with E-state index in [2.05, 4.69) is 0 Å². The molecule has 0 aromatic heterocycles. The van der Waals surface area contributed by atoms with E-state index >= 15 is 0 Å². The molecule has 0 aromatic carbocycles. The predicted octanol–water partition coefficient (Wildman–Crippen LogP) is 3.02. The first-order valence-electron chi connectivity index (χ1n) is 8.62. The molecule has 0 radical (unpaired) electrons. The quantitative estimate of drug-likeness (QED) is 0.784. The molecule has 4 heteroatoms. The molecule has 3 amide bonds. The van der Waals surface area contributed by atoms with E-state index in [1.807, 2.05) is 18.7 Å². The number of carbonyl (C=O) groups excluding carboxylic acids is 2. The van der Waals surface area contributed by atoms with E-state index in [1.54, 1.807) is 4.90 Å². The van der Waals surface area contributed by atoms with Crippen LogP contribution in [0, 0.1) is 17.8 Å². The summed E-state index contributed by atoms with van der Waals surface area (Å²) in [7, 11) is 0. The molecule has 1 aliphatic heterocycles. The van der Waals surface area contributed by atoms with Crippen LogP contribution < -0.4 is 0 Å². The normalized spacial score (nSPS) is 42.3. The lowest BCUT2D eigenvalue weighted by atomic mass is 9.52. The summed E-state index contributed by atoms with van der Waals surface area (Å²) < 4.78 is 0. The largest absolute Gasteiger partial charge is 0.327 e. The molecule has 0 N–H and O–H groups in total. The van der Waals surface area contributed by atoms with Crippen molar-refractivity contribution in [2.75, 3.05) is 6.54 Å². The number of amides is 3. The molecule has 4 bridgehead atoms. The van der Waals surface area contributed by atoms with Gasteiger partial charge in [-0.25, -0.2) is 4.79 Å². The minimum atomic E-state index is -0.128. The zero-order valence-electron chi connectivity index (χ0n) is 13.2. The van der Waals surface area contributed by atoms with Crippen molar-refractivity contribution >= 4 is 11.9 Å². The highest BCUT2D eigenvalue weighted by molar-refractivity contribution is 5.98. The van der Waals surface area contributed by atoms with Crippen LogP contribution in [0.25, 0.3) is 0 Å². The van der Waals surface area contributed by atoms with Crippen molar-refractivity contribution < 1.29 is 9.59 Å². The van der Waals surface area contributed by atoms with E-state index in [-0.39, 0.29) is 23.5 Å². The molecule has 5 fully saturated rings. The molecular formula is C17H26N2O2. The first kappa shape index (κ1) is 13.6. The lowest BCUT2D eigenvalue weighted by Gasteiger charge is -2.60. The summed E-state index contributed by atoms with van der Waals surface area (Å²) in [5.74, 6) is 2.35. The Morgan fingerprint density at radius 3 is 2.00 bits per heavy atom. The summed E-state index contributed by atoms with van der Waals surface area (Å²) in [6, 6.07) is 0.171. The Hall–Kier alpha value is -1.06. The van der Waals surface area contributed by atoms with E-state index in [4.69, 9.17) is 0 Å². The maximum Gasteiger partial charge on any atom is 0.327 e. The molecule has 116 valence electrons. The number of rotatable bonds is 2. The number of imide groups is 1. The summed E-state index contributed by atoms with van der Waals surface area (Å²) in [4.78, 5) is 29.1. The van der Waals surface area contributed by atoms with Crippen LogP contribution in [0.1, 0.15) is 58.8 Å². The lowest BCUT2D eigenvalue weighted by molar-refractivity contribution is -0.148. The number of hydrogen-bond donors (Lipinski definition) is 0. The Morgan fingerprint density at radius 1 is 1.00 bits per heavy atom. The molecule has 4 nitrogen and oxygen atoms in total. The van der Waals surface area contributed by atoms with Crippen molar-refractivity contribution in [3.8, 4) is 0 Å². The molecule has 0 unspecified atom stereocenters. The van der Waals surface area contributed by atoms with Crippen molar-refractivity contribution in [2.24, 2.45) is 17.8 Å². The van der Waals surface area contributed by atoms with Gasteiger partial charge in [0.1, 0.15) is 0 Å². The maximum atomic E-state index is 12.9. The predicted molar refractivity (Wildman–Crippen MR) is 79.6 cm³/mol. The number of nitrogens with zero attached hydrogens (tertiary/aromatic N) is 2. The van der Waals surface area contributed by atoms with Crippen LogP contribution in [0.4, 0.5) is 4.79 Å². The van der Waals surface area contributed by atoms with Gasteiger partial charge in [-0.05, 0) is 70.1 Å². The molecular weight excluding hydrogens is 264 g/mol. The van der Waals surface area contributed by atoms with Crippen molar-refractivity contribution in [2.45, 2.75) is 70.4 Å². The van der Waals surface area contributed by atoms with E-state index in [0.717, 1.165) is 37.0 Å². The third kappa shape index (κ3) is 1.94. The number of urea groups is 1. The van der Waals surface area contributed by atoms with Crippen LogP contribution in [-0.2, 0) is 4.79 Å². The van der Waals surface area contributed by atoms with Gasteiger partial charge in [0.05, 0.1) is 5.54 Å². The highest BCUT2D eigenvalue weighted by Crippen LogP contribution is 2.58. The SMILES string of the molecule is CC(C)N1CCC(=O)N(C23CC4CC(CC(C4)C2)C3)C1=O. The Kier molecular flexibility index (Phi) is 2.89. The second-order valence-corrected chi connectivity index (χ2v) is 8.19. The first-order valence-corrected chi connectivity index (χ1v) is 8.62. The molecule has 5 aliphatic rings. The average molecular weight is 290 g/mol. The Labute approximate surface area is 126 Å². The molecule has 1 heterocycles. The van der Waals surface area contributed by atoms with Crippen LogP contribution in [-0.4, -0.2) is 39.9 Å². The monoisotopic (exact) mass is 290 g/mol. The van der Waals surface area contributed by atoms with Crippen molar-refractivity contribution in [3.05, 3.63) is 0 Å². The second-order valence-electron chi connectivity index (χ2n) is 8.19. The van der Waals surface area contributed by atoms with Crippen LogP contribution in [0.2, 0.25) is 0 Å². The molecule has 4 aliphatic carbocycles. The molecule has 1 saturated heterocycles. The molecule has 21 heavy (non-hydrogen) atoms. The van der Waals surface area contributed by atoms with Crippen molar-refractivity contribution in [1.29, 1.82) is 0 Å².